The number of ether oxygens (including phenoxy) is 1. The van der Waals surface area contributed by atoms with Crippen LogP contribution in [0.2, 0.25) is 0 Å². The first kappa shape index (κ1) is 17.1. The monoisotopic (exact) mass is 355 g/mol. The van der Waals surface area contributed by atoms with E-state index < -0.39 is 17.6 Å². The minimum Gasteiger partial charge on any atom is -0.481 e. The number of hydrogen-bond donors (Lipinski definition) is 1. The van der Waals surface area contributed by atoms with Gasteiger partial charge in [0.05, 0.1) is 0 Å². The van der Waals surface area contributed by atoms with Gasteiger partial charge in [0.1, 0.15) is 11.7 Å². The van der Waals surface area contributed by atoms with Crippen LogP contribution in [0.15, 0.2) is 35.9 Å². The molecule has 1 aromatic rings. The van der Waals surface area contributed by atoms with E-state index in [0.717, 1.165) is 24.8 Å². The van der Waals surface area contributed by atoms with E-state index in [1.165, 1.54) is 18.4 Å². The first-order chi connectivity index (χ1) is 12.5. The Bertz CT molecular complexity index is 771. The van der Waals surface area contributed by atoms with Crippen molar-refractivity contribution >= 4 is 11.9 Å². The minimum atomic E-state index is -1.04. The molecule has 0 aromatic heterocycles. The van der Waals surface area contributed by atoms with Crippen LogP contribution < -0.4 is 4.74 Å². The molecule has 2 bridgehead atoms. The summed E-state index contributed by atoms with van der Waals surface area (Å²) in [6.07, 6.45) is 8.19. The fourth-order valence-corrected chi connectivity index (χ4v) is 4.72. The third-order valence-corrected chi connectivity index (χ3v) is 6.06. The largest absolute Gasteiger partial charge is 0.481 e. The van der Waals surface area contributed by atoms with Gasteiger partial charge in [-0.3, -0.25) is 9.59 Å². The summed E-state index contributed by atoms with van der Waals surface area (Å²) in [5, 5.41) is 9.77. The van der Waals surface area contributed by atoms with E-state index in [0.29, 0.717) is 18.7 Å². The van der Waals surface area contributed by atoms with Crippen LogP contribution in [0.5, 0.6) is 5.75 Å². The van der Waals surface area contributed by atoms with Crippen LogP contribution >= 0.6 is 0 Å². The molecule has 26 heavy (non-hydrogen) atoms. The maximum absolute atomic E-state index is 13.1. The van der Waals surface area contributed by atoms with Crippen molar-refractivity contribution in [2.45, 2.75) is 57.1 Å². The van der Waals surface area contributed by atoms with Gasteiger partial charge in [-0.15, -0.1) is 0 Å². The summed E-state index contributed by atoms with van der Waals surface area (Å²) in [7, 11) is 0. The van der Waals surface area contributed by atoms with Gasteiger partial charge in [-0.05, 0) is 50.7 Å². The molecule has 1 amide bonds. The number of aliphatic carboxylic acids is 1. The van der Waals surface area contributed by atoms with Crippen LogP contribution in [0.4, 0.5) is 0 Å². The predicted octanol–water partition coefficient (Wildman–Crippen LogP) is 3.70. The van der Waals surface area contributed by atoms with Crippen molar-refractivity contribution < 1.29 is 19.4 Å². The first-order valence-electron chi connectivity index (χ1n) is 9.50. The lowest BCUT2D eigenvalue weighted by atomic mass is 9.73. The molecule has 3 aliphatic rings. The zero-order valence-electron chi connectivity index (χ0n) is 15.1. The molecular formula is C21H25NO4. The Hall–Kier alpha value is -2.30. The van der Waals surface area contributed by atoms with Crippen LogP contribution in [-0.2, 0) is 9.59 Å². The second kappa shape index (κ2) is 6.45. The van der Waals surface area contributed by atoms with E-state index in [2.05, 4.69) is 6.08 Å². The number of para-hydroxylation sites is 1. The Kier molecular flexibility index (Phi) is 4.25. The van der Waals surface area contributed by atoms with E-state index in [1.807, 2.05) is 31.2 Å². The zero-order valence-corrected chi connectivity index (χ0v) is 15.1. The number of amides is 1. The van der Waals surface area contributed by atoms with Crippen LogP contribution in [0.25, 0.3) is 0 Å². The van der Waals surface area contributed by atoms with Crippen molar-refractivity contribution in [3.05, 3.63) is 41.5 Å². The lowest BCUT2D eigenvalue weighted by molar-refractivity contribution is -0.180. The van der Waals surface area contributed by atoms with Crippen molar-refractivity contribution in [1.82, 2.24) is 4.90 Å². The molecule has 1 aromatic carbocycles. The molecule has 3 atom stereocenters. The number of piperidine rings is 1. The lowest BCUT2D eigenvalue weighted by Gasteiger charge is -2.52. The van der Waals surface area contributed by atoms with Gasteiger partial charge in [0, 0.05) is 18.9 Å². The van der Waals surface area contributed by atoms with Gasteiger partial charge in [0.15, 0.2) is 5.72 Å². The number of rotatable bonds is 4. The number of nitrogens with zero attached hydrogens (tertiary/aromatic N) is 1. The summed E-state index contributed by atoms with van der Waals surface area (Å²) in [6.45, 7) is 2.43. The third kappa shape index (κ3) is 2.79. The molecule has 5 nitrogen and oxygen atoms in total. The van der Waals surface area contributed by atoms with Crippen molar-refractivity contribution in [1.29, 1.82) is 0 Å². The number of likely N-dealkylation sites (tertiary alicyclic amines) is 1. The van der Waals surface area contributed by atoms with Gasteiger partial charge < -0.3 is 14.7 Å². The van der Waals surface area contributed by atoms with Gasteiger partial charge in [-0.2, -0.15) is 0 Å². The maximum atomic E-state index is 13.1. The normalized spacial score (nSPS) is 30.3. The van der Waals surface area contributed by atoms with Crippen LogP contribution in [0.1, 0.15) is 56.9 Å². The van der Waals surface area contributed by atoms with E-state index in [9.17, 15) is 14.7 Å². The number of carboxylic acid groups (broad SMARTS) is 1. The number of carbonyl (C=O) groups is 2. The number of hydrogen-bond acceptors (Lipinski definition) is 3. The molecule has 4 rings (SSSR count). The Morgan fingerprint density at radius 3 is 2.88 bits per heavy atom. The van der Waals surface area contributed by atoms with Gasteiger partial charge in [0.2, 0.25) is 5.91 Å². The lowest BCUT2D eigenvalue weighted by Crippen LogP contribution is -2.64. The van der Waals surface area contributed by atoms with Crippen molar-refractivity contribution in [3.8, 4) is 5.75 Å². The summed E-state index contributed by atoms with van der Waals surface area (Å²) in [4.78, 5) is 26.7. The number of benzene rings is 1. The van der Waals surface area contributed by atoms with Crippen molar-refractivity contribution in [2.75, 3.05) is 6.54 Å². The van der Waals surface area contributed by atoms with Crippen LogP contribution in [0, 0.1) is 5.92 Å². The number of allylic oxidation sites excluding steroid dienone is 1. The van der Waals surface area contributed by atoms with E-state index in [1.54, 1.807) is 4.90 Å². The highest BCUT2D eigenvalue weighted by Gasteiger charge is 2.56. The number of fused-ring (bicyclic) bond motifs is 4. The average molecular weight is 355 g/mol. The molecule has 0 radical (unpaired) electrons. The number of carbonyl (C=O) groups excluding carboxylic acids is 1. The molecule has 138 valence electrons. The summed E-state index contributed by atoms with van der Waals surface area (Å²) < 4.78 is 6.23. The second-order valence-electron chi connectivity index (χ2n) is 7.79. The highest BCUT2D eigenvalue weighted by atomic mass is 16.5. The SMILES string of the molecule is C[C@@]12C[C@@H](c3ccccc3O1)[C@@H](C(=O)O)C(=O)N2CCC1=CCCCC1. The topological polar surface area (TPSA) is 66.8 Å². The maximum Gasteiger partial charge on any atom is 0.316 e. The third-order valence-electron chi connectivity index (χ3n) is 6.06. The van der Waals surface area contributed by atoms with Crippen LogP contribution in [-0.4, -0.2) is 34.2 Å². The van der Waals surface area contributed by atoms with Gasteiger partial charge >= 0.3 is 5.97 Å². The van der Waals surface area contributed by atoms with Crippen molar-refractivity contribution in [2.24, 2.45) is 5.92 Å². The predicted molar refractivity (Wildman–Crippen MR) is 96.8 cm³/mol. The molecule has 5 heteroatoms. The summed E-state index contributed by atoms with van der Waals surface area (Å²) in [5.41, 5.74) is 1.43. The minimum absolute atomic E-state index is 0.317. The Balaban J connectivity index is 1.66. The van der Waals surface area contributed by atoms with Crippen molar-refractivity contribution in [3.63, 3.8) is 0 Å². The highest BCUT2D eigenvalue weighted by molar-refractivity contribution is 5.99. The fraction of sp³-hybridized carbons (Fsp3) is 0.524. The molecule has 0 unspecified atom stereocenters. The van der Waals surface area contributed by atoms with Gasteiger partial charge in [-0.1, -0.05) is 29.8 Å². The molecule has 1 aliphatic carbocycles. The first-order valence-corrected chi connectivity index (χ1v) is 9.50. The molecule has 0 spiro atoms. The molecular weight excluding hydrogens is 330 g/mol. The smallest absolute Gasteiger partial charge is 0.316 e. The average Bonchev–Trinajstić information content (AvgIpc) is 2.61. The second-order valence-corrected chi connectivity index (χ2v) is 7.79. The molecule has 2 aliphatic heterocycles. The standard InChI is InChI=1S/C21H25NO4/c1-21-13-16(15-9-5-6-10-17(15)26-21)18(20(24)25)19(23)22(21)12-11-14-7-3-2-4-8-14/h5-7,9-10,16,18H,2-4,8,11-13H2,1H3,(H,24,25)/t16-,18+,21-/m0/s1. The number of carboxylic acids is 1. The summed E-state index contributed by atoms with van der Waals surface area (Å²) in [5.74, 6) is -2.02. The van der Waals surface area contributed by atoms with E-state index in [-0.39, 0.29) is 11.8 Å². The highest BCUT2D eigenvalue weighted by Crippen LogP contribution is 2.50. The molecule has 2 heterocycles. The molecule has 1 saturated heterocycles. The van der Waals surface area contributed by atoms with E-state index >= 15 is 0 Å². The molecule has 1 fully saturated rings. The zero-order chi connectivity index (χ0) is 18.3. The summed E-state index contributed by atoms with van der Waals surface area (Å²) in [6, 6.07) is 7.51. The van der Waals surface area contributed by atoms with Gasteiger partial charge in [0.25, 0.3) is 0 Å². The van der Waals surface area contributed by atoms with Crippen LogP contribution in [0.3, 0.4) is 0 Å². The fourth-order valence-electron chi connectivity index (χ4n) is 4.72. The molecule has 1 N–H and O–H groups in total. The Morgan fingerprint density at radius 2 is 2.15 bits per heavy atom. The molecule has 0 saturated carbocycles. The van der Waals surface area contributed by atoms with Gasteiger partial charge in [-0.25, -0.2) is 0 Å². The Labute approximate surface area is 153 Å². The van der Waals surface area contributed by atoms with E-state index in [4.69, 9.17) is 4.74 Å². The Morgan fingerprint density at radius 1 is 1.35 bits per heavy atom. The summed E-state index contributed by atoms with van der Waals surface area (Å²) >= 11 is 0. The quantitative estimate of drug-likeness (QED) is 0.660.